The smallest absolute Gasteiger partial charge is 0.259 e. The van der Waals surface area contributed by atoms with Gasteiger partial charge < -0.3 is 5.32 Å². The summed E-state index contributed by atoms with van der Waals surface area (Å²) in [6, 6.07) is 13.7. The fraction of sp³-hybridized carbons (Fsp3) is 0. The number of amides is 1. The van der Waals surface area contributed by atoms with E-state index < -0.39 is 17.5 Å². The normalized spacial score (nSPS) is 10.5. The minimum Gasteiger partial charge on any atom is -0.305 e. The number of carbonyl (C=O) groups excluding carboxylic acids is 1. The van der Waals surface area contributed by atoms with Gasteiger partial charge in [0.25, 0.3) is 5.91 Å². The quantitative estimate of drug-likeness (QED) is 0.805. The highest BCUT2D eigenvalue weighted by Gasteiger charge is 2.13. The second-order valence-electron chi connectivity index (χ2n) is 4.56. The molecular weight excluding hydrogens is 288 g/mol. The zero-order valence-corrected chi connectivity index (χ0v) is 11.3. The maximum Gasteiger partial charge on any atom is 0.259 e. The summed E-state index contributed by atoms with van der Waals surface area (Å²) >= 11 is 0. The van der Waals surface area contributed by atoms with Crippen LogP contribution in [0.5, 0.6) is 0 Å². The van der Waals surface area contributed by atoms with Gasteiger partial charge in [0.05, 0.1) is 11.3 Å². The molecule has 22 heavy (non-hydrogen) atoms. The van der Waals surface area contributed by atoms with Crippen LogP contribution in [-0.2, 0) is 0 Å². The molecular formula is C16H11F2N3O. The fourth-order valence-electron chi connectivity index (χ4n) is 1.97. The summed E-state index contributed by atoms with van der Waals surface area (Å²) in [5, 5.41) is 6.66. The Balaban J connectivity index is 1.79. The lowest BCUT2D eigenvalue weighted by molar-refractivity contribution is 0.102. The number of aromatic nitrogens is 2. The molecule has 0 bridgehead atoms. The van der Waals surface area contributed by atoms with Gasteiger partial charge in [-0.25, -0.2) is 13.5 Å². The van der Waals surface area contributed by atoms with Gasteiger partial charge in [-0.1, -0.05) is 18.2 Å². The van der Waals surface area contributed by atoms with Gasteiger partial charge >= 0.3 is 0 Å². The predicted molar refractivity (Wildman–Crippen MR) is 77.9 cm³/mol. The molecule has 1 heterocycles. The SMILES string of the molecule is O=C(Nc1ccn(-c2ccccc2)n1)c1ccc(F)cc1F. The summed E-state index contributed by atoms with van der Waals surface area (Å²) in [5.74, 6) is -2.06. The average Bonchev–Trinajstić information content (AvgIpc) is 2.96. The van der Waals surface area contributed by atoms with Crippen molar-refractivity contribution >= 4 is 11.7 Å². The van der Waals surface area contributed by atoms with E-state index >= 15 is 0 Å². The molecule has 1 amide bonds. The van der Waals surface area contributed by atoms with Crippen molar-refractivity contribution in [2.75, 3.05) is 5.32 Å². The van der Waals surface area contributed by atoms with Crippen LogP contribution >= 0.6 is 0 Å². The number of rotatable bonds is 3. The Kier molecular flexibility index (Phi) is 3.65. The molecule has 0 fully saturated rings. The number of nitrogens with one attached hydrogen (secondary N) is 1. The summed E-state index contributed by atoms with van der Waals surface area (Å²) in [7, 11) is 0. The molecule has 0 atom stereocenters. The lowest BCUT2D eigenvalue weighted by atomic mass is 10.2. The van der Waals surface area contributed by atoms with Crippen LogP contribution in [0.25, 0.3) is 5.69 Å². The number of anilines is 1. The molecule has 110 valence electrons. The van der Waals surface area contributed by atoms with Crippen molar-refractivity contribution in [3.05, 3.63) is 78.0 Å². The van der Waals surface area contributed by atoms with Crippen molar-refractivity contribution in [3.8, 4) is 5.69 Å². The van der Waals surface area contributed by atoms with Crippen LogP contribution in [0, 0.1) is 11.6 Å². The maximum absolute atomic E-state index is 13.5. The molecule has 0 aliphatic heterocycles. The highest BCUT2D eigenvalue weighted by molar-refractivity contribution is 6.03. The summed E-state index contributed by atoms with van der Waals surface area (Å²) in [6.07, 6.45) is 1.67. The van der Waals surface area contributed by atoms with Gasteiger partial charge in [-0.15, -0.1) is 0 Å². The third-order valence-electron chi connectivity index (χ3n) is 3.03. The summed E-state index contributed by atoms with van der Waals surface area (Å²) in [5.41, 5.74) is 0.589. The summed E-state index contributed by atoms with van der Waals surface area (Å²) in [6.45, 7) is 0. The summed E-state index contributed by atoms with van der Waals surface area (Å²) in [4.78, 5) is 12.0. The van der Waals surface area contributed by atoms with Crippen LogP contribution < -0.4 is 5.32 Å². The van der Waals surface area contributed by atoms with Crippen molar-refractivity contribution in [1.29, 1.82) is 0 Å². The second kappa shape index (κ2) is 5.77. The van der Waals surface area contributed by atoms with E-state index in [1.54, 1.807) is 16.9 Å². The third kappa shape index (κ3) is 2.85. The zero-order chi connectivity index (χ0) is 15.5. The zero-order valence-electron chi connectivity index (χ0n) is 11.3. The second-order valence-corrected chi connectivity index (χ2v) is 4.56. The van der Waals surface area contributed by atoms with E-state index in [4.69, 9.17) is 0 Å². The molecule has 3 rings (SSSR count). The Hall–Kier alpha value is -3.02. The predicted octanol–water partition coefficient (Wildman–Crippen LogP) is 3.40. The number of carbonyl (C=O) groups is 1. The molecule has 3 aromatic rings. The number of nitrogens with zero attached hydrogens (tertiary/aromatic N) is 2. The molecule has 0 aliphatic carbocycles. The van der Waals surface area contributed by atoms with Crippen LogP contribution in [-0.4, -0.2) is 15.7 Å². The van der Waals surface area contributed by atoms with Crippen LogP contribution in [0.1, 0.15) is 10.4 Å². The van der Waals surface area contributed by atoms with E-state index in [1.807, 2.05) is 30.3 Å². The largest absolute Gasteiger partial charge is 0.305 e. The maximum atomic E-state index is 13.5. The van der Waals surface area contributed by atoms with Gasteiger partial charge in [-0.05, 0) is 24.3 Å². The van der Waals surface area contributed by atoms with Gasteiger partial charge in [0, 0.05) is 18.3 Å². The Morgan fingerprint density at radius 3 is 2.55 bits per heavy atom. The number of hydrogen-bond donors (Lipinski definition) is 1. The molecule has 4 nitrogen and oxygen atoms in total. The number of halogens is 2. The molecule has 6 heteroatoms. The summed E-state index contributed by atoms with van der Waals surface area (Å²) < 4.78 is 28.0. The van der Waals surface area contributed by atoms with E-state index in [0.717, 1.165) is 17.8 Å². The van der Waals surface area contributed by atoms with Crippen molar-refractivity contribution in [2.45, 2.75) is 0 Å². The molecule has 0 unspecified atom stereocenters. The Morgan fingerprint density at radius 1 is 1.05 bits per heavy atom. The topological polar surface area (TPSA) is 46.9 Å². The first kappa shape index (κ1) is 13.9. The standard InChI is InChI=1S/C16H11F2N3O/c17-11-6-7-13(14(18)10-11)16(22)19-15-8-9-21(20-15)12-4-2-1-3-5-12/h1-10H,(H,19,20,22). The highest BCUT2D eigenvalue weighted by atomic mass is 19.1. The average molecular weight is 299 g/mol. The molecule has 0 aliphatic rings. The van der Waals surface area contributed by atoms with E-state index in [0.29, 0.717) is 6.07 Å². The molecule has 0 radical (unpaired) electrons. The Bertz CT molecular complexity index is 815. The van der Waals surface area contributed by atoms with E-state index in [1.165, 1.54) is 0 Å². The van der Waals surface area contributed by atoms with Crippen molar-refractivity contribution in [2.24, 2.45) is 0 Å². The number of hydrogen-bond acceptors (Lipinski definition) is 2. The highest BCUT2D eigenvalue weighted by Crippen LogP contribution is 2.14. The van der Waals surface area contributed by atoms with E-state index in [-0.39, 0.29) is 11.4 Å². The Morgan fingerprint density at radius 2 is 1.82 bits per heavy atom. The first-order valence-electron chi connectivity index (χ1n) is 6.51. The molecule has 0 saturated heterocycles. The van der Waals surface area contributed by atoms with Gasteiger partial charge in [0.1, 0.15) is 11.6 Å². The Labute approximate surface area is 125 Å². The third-order valence-corrected chi connectivity index (χ3v) is 3.03. The first-order valence-corrected chi connectivity index (χ1v) is 6.51. The number of benzene rings is 2. The van der Waals surface area contributed by atoms with Gasteiger partial charge in [0.15, 0.2) is 5.82 Å². The lowest BCUT2D eigenvalue weighted by Crippen LogP contribution is -2.14. The van der Waals surface area contributed by atoms with Crippen molar-refractivity contribution in [1.82, 2.24) is 9.78 Å². The first-order chi connectivity index (χ1) is 10.6. The van der Waals surface area contributed by atoms with E-state index in [9.17, 15) is 13.6 Å². The van der Waals surface area contributed by atoms with Gasteiger partial charge in [0.2, 0.25) is 0 Å². The molecule has 2 aromatic carbocycles. The molecule has 0 saturated carbocycles. The van der Waals surface area contributed by atoms with Crippen molar-refractivity contribution in [3.63, 3.8) is 0 Å². The lowest BCUT2D eigenvalue weighted by Gasteiger charge is -2.04. The minimum absolute atomic E-state index is 0.240. The van der Waals surface area contributed by atoms with E-state index in [2.05, 4.69) is 10.4 Å². The van der Waals surface area contributed by atoms with Gasteiger partial charge in [-0.2, -0.15) is 5.10 Å². The van der Waals surface area contributed by atoms with Crippen LogP contribution in [0.2, 0.25) is 0 Å². The van der Waals surface area contributed by atoms with Crippen LogP contribution in [0.4, 0.5) is 14.6 Å². The molecule has 0 spiro atoms. The van der Waals surface area contributed by atoms with Crippen LogP contribution in [0.3, 0.4) is 0 Å². The minimum atomic E-state index is -0.917. The van der Waals surface area contributed by atoms with Crippen molar-refractivity contribution < 1.29 is 13.6 Å². The monoisotopic (exact) mass is 299 g/mol. The molecule has 1 N–H and O–H groups in total. The van der Waals surface area contributed by atoms with Gasteiger partial charge in [-0.3, -0.25) is 4.79 Å². The van der Waals surface area contributed by atoms with Crippen LogP contribution in [0.15, 0.2) is 60.8 Å². The fourth-order valence-corrected chi connectivity index (χ4v) is 1.97. The number of para-hydroxylation sites is 1. The molecule has 1 aromatic heterocycles.